The molecular formula is C14H12N2O4. The van der Waals surface area contributed by atoms with Gasteiger partial charge in [-0.3, -0.25) is 10.1 Å². The first-order valence-electron chi connectivity index (χ1n) is 5.87. The maximum Gasteiger partial charge on any atom is 0.335 e. The standard InChI is InChI=1S/C14H12N2O4/c17-14(18)11-6-7-13(16(19)20)12(8-11)15-9-10-4-2-1-3-5-10/h1-8,15H,9H2,(H,17,18). The fourth-order valence-corrected chi connectivity index (χ4v) is 1.76. The summed E-state index contributed by atoms with van der Waals surface area (Å²) in [5.41, 5.74) is 0.998. The number of aromatic carboxylic acids is 1. The van der Waals surface area contributed by atoms with Gasteiger partial charge in [-0.15, -0.1) is 0 Å². The van der Waals surface area contributed by atoms with Gasteiger partial charge in [0.1, 0.15) is 5.69 Å². The lowest BCUT2D eigenvalue weighted by Crippen LogP contribution is -2.05. The van der Waals surface area contributed by atoms with Gasteiger partial charge < -0.3 is 10.4 Å². The Balaban J connectivity index is 2.26. The molecule has 0 spiro atoms. The molecule has 102 valence electrons. The second kappa shape index (κ2) is 5.83. The summed E-state index contributed by atoms with van der Waals surface area (Å²) in [7, 11) is 0. The number of nitro benzene ring substituents is 1. The van der Waals surface area contributed by atoms with Crippen molar-refractivity contribution in [1.82, 2.24) is 0 Å². The normalized spacial score (nSPS) is 10.0. The van der Waals surface area contributed by atoms with E-state index in [-0.39, 0.29) is 16.9 Å². The smallest absolute Gasteiger partial charge is 0.335 e. The van der Waals surface area contributed by atoms with Gasteiger partial charge in [0.05, 0.1) is 10.5 Å². The lowest BCUT2D eigenvalue weighted by Gasteiger charge is -2.08. The van der Waals surface area contributed by atoms with Crippen molar-refractivity contribution in [2.75, 3.05) is 5.32 Å². The number of anilines is 1. The summed E-state index contributed by atoms with van der Waals surface area (Å²) in [6.45, 7) is 0.380. The van der Waals surface area contributed by atoms with Crippen molar-refractivity contribution in [2.45, 2.75) is 6.54 Å². The molecule has 0 atom stereocenters. The van der Waals surface area contributed by atoms with Crippen LogP contribution in [0.1, 0.15) is 15.9 Å². The lowest BCUT2D eigenvalue weighted by atomic mass is 10.1. The van der Waals surface area contributed by atoms with Crippen LogP contribution in [0.25, 0.3) is 0 Å². The zero-order valence-corrected chi connectivity index (χ0v) is 10.4. The molecule has 0 aliphatic rings. The van der Waals surface area contributed by atoms with Gasteiger partial charge in [0.15, 0.2) is 0 Å². The largest absolute Gasteiger partial charge is 0.478 e. The van der Waals surface area contributed by atoms with E-state index in [1.165, 1.54) is 18.2 Å². The number of carboxylic acids is 1. The molecule has 2 N–H and O–H groups in total. The minimum absolute atomic E-state index is 0.00571. The van der Waals surface area contributed by atoms with E-state index in [1.807, 2.05) is 30.3 Å². The Morgan fingerprint density at radius 2 is 1.90 bits per heavy atom. The third kappa shape index (κ3) is 3.11. The van der Waals surface area contributed by atoms with Crippen LogP contribution in [-0.4, -0.2) is 16.0 Å². The van der Waals surface area contributed by atoms with Crippen LogP contribution < -0.4 is 5.32 Å². The first-order chi connectivity index (χ1) is 9.58. The van der Waals surface area contributed by atoms with Crippen molar-refractivity contribution >= 4 is 17.3 Å². The Labute approximate surface area is 114 Å². The number of rotatable bonds is 5. The van der Waals surface area contributed by atoms with Crippen molar-refractivity contribution in [2.24, 2.45) is 0 Å². The summed E-state index contributed by atoms with van der Waals surface area (Å²) in [5.74, 6) is -1.12. The van der Waals surface area contributed by atoms with Crippen LogP contribution in [0.15, 0.2) is 48.5 Å². The Morgan fingerprint density at radius 3 is 2.50 bits per heavy atom. The molecule has 2 aromatic carbocycles. The Bertz CT molecular complexity index is 641. The summed E-state index contributed by atoms with van der Waals surface area (Å²) in [6, 6.07) is 13.0. The molecule has 0 bridgehead atoms. The monoisotopic (exact) mass is 272 g/mol. The maximum atomic E-state index is 10.9. The number of nitrogens with zero attached hydrogens (tertiary/aromatic N) is 1. The molecule has 0 heterocycles. The maximum absolute atomic E-state index is 10.9. The molecule has 6 heteroatoms. The van der Waals surface area contributed by atoms with Crippen molar-refractivity contribution in [3.8, 4) is 0 Å². The van der Waals surface area contributed by atoms with Gasteiger partial charge >= 0.3 is 5.97 Å². The van der Waals surface area contributed by atoms with E-state index in [9.17, 15) is 14.9 Å². The number of nitrogens with one attached hydrogen (secondary N) is 1. The van der Waals surface area contributed by atoms with E-state index < -0.39 is 10.9 Å². The van der Waals surface area contributed by atoms with E-state index in [2.05, 4.69) is 5.32 Å². The number of carbonyl (C=O) groups is 1. The molecule has 20 heavy (non-hydrogen) atoms. The SMILES string of the molecule is O=C(O)c1ccc([N+](=O)[O-])c(NCc2ccccc2)c1. The van der Waals surface area contributed by atoms with Gasteiger partial charge in [-0.25, -0.2) is 4.79 Å². The summed E-state index contributed by atoms with van der Waals surface area (Å²) >= 11 is 0. The molecular weight excluding hydrogens is 260 g/mol. The lowest BCUT2D eigenvalue weighted by molar-refractivity contribution is -0.384. The second-order valence-corrected chi connectivity index (χ2v) is 4.13. The molecule has 0 unspecified atom stereocenters. The second-order valence-electron chi connectivity index (χ2n) is 4.13. The van der Waals surface area contributed by atoms with Gasteiger partial charge in [0.25, 0.3) is 5.69 Å². The molecule has 2 rings (SSSR count). The highest BCUT2D eigenvalue weighted by Gasteiger charge is 2.16. The Kier molecular flexibility index (Phi) is 3.95. The van der Waals surface area contributed by atoms with Crippen LogP contribution in [0, 0.1) is 10.1 Å². The third-order valence-electron chi connectivity index (χ3n) is 2.77. The minimum atomic E-state index is -1.12. The van der Waals surface area contributed by atoms with E-state index >= 15 is 0 Å². The molecule has 0 saturated carbocycles. The highest BCUT2D eigenvalue weighted by molar-refractivity contribution is 5.90. The molecule has 0 radical (unpaired) electrons. The number of benzene rings is 2. The van der Waals surface area contributed by atoms with Gasteiger partial charge in [-0.2, -0.15) is 0 Å². The predicted molar refractivity (Wildman–Crippen MR) is 73.8 cm³/mol. The van der Waals surface area contributed by atoms with E-state index in [1.54, 1.807) is 0 Å². The van der Waals surface area contributed by atoms with Gasteiger partial charge in [-0.05, 0) is 17.7 Å². The average Bonchev–Trinajstić information content (AvgIpc) is 2.45. The molecule has 0 aliphatic heterocycles. The summed E-state index contributed by atoms with van der Waals surface area (Å²) < 4.78 is 0. The Hall–Kier alpha value is -2.89. The fourth-order valence-electron chi connectivity index (χ4n) is 1.76. The number of hydrogen-bond acceptors (Lipinski definition) is 4. The Morgan fingerprint density at radius 1 is 1.20 bits per heavy atom. The predicted octanol–water partition coefficient (Wildman–Crippen LogP) is 2.91. The molecule has 0 aliphatic carbocycles. The highest BCUT2D eigenvalue weighted by Crippen LogP contribution is 2.26. The molecule has 0 saturated heterocycles. The van der Waals surface area contributed by atoms with Crippen LogP contribution >= 0.6 is 0 Å². The van der Waals surface area contributed by atoms with Gasteiger partial charge in [0.2, 0.25) is 0 Å². The van der Waals surface area contributed by atoms with Crippen LogP contribution in [0.2, 0.25) is 0 Å². The summed E-state index contributed by atoms with van der Waals surface area (Å²) in [4.78, 5) is 21.3. The quantitative estimate of drug-likeness (QED) is 0.644. The van der Waals surface area contributed by atoms with Crippen LogP contribution in [0.4, 0.5) is 11.4 Å². The zero-order valence-electron chi connectivity index (χ0n) is 10.4. The van der Waals surface area contributed by atoms with Crippen molar-refractivity contribution in [1.29, 1.82) is 0 Å². The molecule has 2 aromatic rings. The number of nitro groups is 1. The van der Waals surface area contributed by atoms with Crippen molar-refractivity contribution in [3.63, 3.8) is 0 Å². The van der Waals surface area contributed by atoms with E-state index in [0.717, 1.165) is 5.56 Å². The zero-order chi connectivity index (χ0) is 14.5. The van der Waals surface area contributed by atoms with E-state index in [4.69, 9.17) is 5.11 Å². The molecule has 0 aromatic heterocycles. The van der Waals surface area contributed by atoms with Gasteiger partial charge in [0, 0.05) is 12.6 Å². The van der Waals surface area contributed by atoms with E-state index in [0.29, 0.717) is 6.54 Å². The third-order valence-corrected chi connectivity index (χ3v) is 2.77. The molecule has 0 amide bonds. The average molecular weight is 272 g/mol. The number of hydrogen-bond donors (Lipinski definition) is 2. The number of carboxylic acid groups (broad SMARTS) is 1. The fraction of sp³-hybridized carbons (Fsp3) is 0.0714. The van der Waals surface area contributed by atoms with Crippen molar-refractivity contribution < 1.29 is 14.8 Å². The topological polar surface area (TPSA) is 92.5 Å². The molecule has 0 fully saturated rings. The van der Waals surface area contributed by atoms with Crippen LogP contribution in [0.3, 0.4) is 0 Å². The van der Waals surface area contributed by atoms with Crippen LogP contribution in [-0.2, 0) is 6.54 Å². The van der Waals surface area contributed by atoms with Crippen molar-refractivity contribution in [3.05, 3.63) is 69.8 Å². The van der Waals surface area contributed by atoms with Gasteiger partial charge in [-0.1, -0.05) is 30.3 Å². The minimum Gasteiger partial charge on any atom is -0.478 e. The summed E-state index contributed by atoms with van der Waals surface area (Å²) in [5, 5.41) is 22.8. The van der Waals surface area contributed by atoms with Crippen LogP contribution in [0.5, 0.6) is 0 Å². The summed E-state index contributed by atoms with van der Waals surface area (Å²) in [6.07, 6.45) is 0. The highest BCUT2D eigenvalue weighted by atomic mass is 16.6. The molecule has 6 nitrogen and oxygen atoms in total. The first-order valence-corrected chi connectivity index (χ1v) is 5.87. The first kappa shape index (κ1) is 13.5.